The van der Waals surface area contributed by atoms with E-state index in [0.29, 0.717) is 5.92 Å². The van der Waals surface area contributed by atoms with Crippen molar-refractivity contribution in [1.82, 2.24) is 0 Å². The average Bonchev–Trinajstić information content (AvgIpc) is 2.39. The van der Waals surface area contributed by atoms with Crippen molar-refractivity contribution >= 4 is 16.6 Å². The lowest BCUT2D eigenvalue weighted by Gasteiger charge is -2.45. The van der Waals surface area contributed by atoms with Crippen LogP contribution < -0.4 is 0 Å². The van der Waals surface area contributed by atoms with Crippen LogP contribution in [0.4, 0.5) is 0 Å². The summed E-state index contributed by atoms with van der Waals surface area (Å²) in [6.45, 7) is 26.7. The SMILES string of the molecule is C=C1[C@H](CC(C)(C)[Si](C)(C)O)C/C(=C\C)C[C@H]1O[Si](C)(C)C(C)(C)C. The van der Waals surface area contributed by atoms with E-state index in [1.54, 1.807) is 0 Å². The highest BCUT2D eigenvalue weighted by Gasteiger charge is 2.44. The van der Waals surface area contributed by atoms with Crippen molar-refractivity contribution in [3.8, 4) is 0 Å². The van der Waals surface area contributed by atoms with Crippen LogP contribution in [0.25, 0.3) is 0 Å². The molecule has 2 atom stereocenters. The Bertz CT molecular complexity index is 477. The molecule has 1 N–H and O–H groups in total. The summed E-state index contributed by atoms with van der Waals surface area (Å²) in [4.78, 5) is 10.7. The third kappa shape index (κ3) is 5.41. The van der Waals surface area contributed by atoms with E-state index in [4.69, 9.17) is 4.43 Å². The average molecular weight is 383 g/mol. The molecule has 0 heterocycles. The second-order valence-electron chi connectivity index (χ2n) is 10.6. The number of allylic oxidation sites excluding steroid dienone is 1. The van der Waals surface area contributed by atoms with E-state index < -0.39 is 16.6 Å². The fraction of sp³-hybridized carbons (Fsp3) is 0.810. The Labute approximate surface area is 159 Å². The molecule has 0 radical (unpaired) electrons. The molecule has 4 heteroatoms. The molecule has 0 aliphatic heterocycles. The molecule has 0 amide bonds. The highest BCUT2D eigenvalue weighted by molar-refractivity contribution is 6.74. The molecule has 0 unspecified atom stereocenters. The Morgan fingerprint density at radius 2 is 1.64 bits per heavy atom. The first-order chi connectivity index (χ1) is 11.0. The Morgan fingerprint density at radius 3 is 2.04 bits per heavy atom. The molecule has 0 aromatic heterocycles. The van der Waals surface area contributed by atoms with Crippen LogP contribution in [0.15, 0.2) is 23.8 Å². The molecule has 0 bridgehead atoms. The van der Waals surface area contributed by atoms with E-state index in [2.05, 4.69) is 80.4 Å². The molecule has 1 saturated carbocycles. The minimum Gasteiger partial charge on any atom is -0.432 e. The summed E-state index contributed by atoms with van der Waals surface area (Å²) in [5.41, 5.74) is 2.73. The third-order valence-corrected chi connectivity index (χ3v) is 15.0. The molecule has 1 fully saturated rings. The largest absolute Gasteiger partial charge is 0.432 e. The fourth-order valence-electron chi connectivity index (χ4n) is 3.12. The Balaban J connectivity index is 3.05. The van der Waals surface area contributed by atoms with Gasteiger partial charge in [-0.05, 0) is 73.9 Å². The summed E-state index contributed by atoms with van der Waals surface area (Å²) in [5.74, 6) is 0.406. The van der Waals surface area contributed by atoms with E-state index in [1.165, 1.54) is 11.1 Å². The monoisotopic (exact) mass is 382 g/mol. The molecule has 0 aromatic rings. The van der Waals surface area contributed by atoms with Crippen LogP contribution in [0.3, 0.4) is 0 Å². The van der Waals surface area contributed by atoms with Gasteiger partial charge in [-0.15, -0.1) is 0 Å². The van der Waals surface area contributed by atoms with Crippen LogP contribution in [0.2, 0.25) is 36.3 Å². The highest BCUT2D eigenvalue weighted by Crippen LogP contribution is 2.48. The molecule has 1 rings (SSSR count). The van der Waals surface area contributed by atoms with Gasteiger partial charge in [0.25, 0.3) is 0 Å². The van der Waals surface area contributed by atoms with Gasteiger partial charge in [0.15, 0.2) is 16.6 Å². The van der Waals surface area contributed by atoms with Crippen molar-refractivity contribution in [3.05, 3.63) is 23.8 Å². The van der Waals surface area contributed by atoms with Crippen molar-refractivity contribution in [3.63, 3.8) is 0 Å². The number of rotatable bonds is 5. The minimum atomic E-state index is -2.22. The van der Waals surface area contributed by atoms with Crippen LogP contribution in [0, 0.1) is 5.92 Å². The lowest BCUT2D eigenvalue weighted by atomic mass is 9.76. The van der Waals surface area contributed by atoms with Gasteiger partial charge in [0.1, 0.15) is 0 Å². The molecule has 0 aromatic carbocycles. The summed E-state index contributed by atoms with van der Waals surface area (Å²) in [7, 11) is -4.05. The van der Waals surface area contributed by atoms with E-state index in [-0.39, 0.29) is 16.2 Å². The van der Waals surface area contributed by atoms with E-state index in [9.17, 15) is 4.80 Å². The van der Waals surface area contributed by atoms with Gasteiger partial charge in [-0.25, -0.2) is 0 Å². The standard InChI is InChI=1S/C21H42O2Si2/c1-12-17-13-18(15-21(6,7)24(8,9)22)16(2)19(14-17)23-25(10,11)20(3,4)5/h12,18-19,22H,2,13-15H2,1,3-11H3/b17-12+/t18-,19+/m0/s1. The van der Waals surface area contributed by atoms with Gasteiger partial charge in [0.05, 0.1) is 6.10 Å². The first-order valence-electron chi connectivity index (χ1n) is 9.75. The number of hydrogen-bond donors (Lipinski definition) is 1. The third-order valence-electron chi connectivity index (χ3n) is 6.96. The molecule has 1 aliphatic rings. The lowest BCUT2D eigenvalue weighted by Crippen LogP contribution is -2.46. The van der Waals surface area contributed by atoms with E-state index in [0.717, 1.165) is 19.3 Å². The normalized spacial score (nSPS) is 25.6. The van der Waals surface area contributed by atoms with Crippen molar-refractivity contribution in [2.45, 2.75) is 103 Å². The first-order valence-corrected chi connectivity index (χ1v) is 15.6. The second-order valence-corrected chi connectivity index (χ2v) is 19.9. The van der Waals surface area contributed by atoms with Crippen LogP contribution in [-0.4, -0.2) is 27.5 Å². The molecule has 146 valence electrons. The molecule has 1 aliphatic carbocycles. The molecule has 25 heavy (non-hydrogen) atoms. The summed E-state index contributed by atoms with van der Waals surface area (Å²) in [6.07, 6.45) is 5.44. The Morgan fingerprint density at radius 1 is 1.12 bits per heavy atom. The number of hydrogen-bond acceptors (Lipinski definition) is 2. The smallest absolute Gasteiger partial charge is 0.192 e. The predicted molar refractivity (Wildman–Crippen MR) is 116 cm³/mol. The first kappa shape index (κ1) is 22.9. The van der Waals surface area contributed by atoms with Crippen molar-refractivity contribution in [1.29, 1.82) is 0 Å². The lowest BCUT2D eigenvalue weighted by molar-refractivity contribution is 0.180. The van der Waals surface area contributed by atoms with Crippen molar-refractivity contribution < 1.29 is 9.22 Å². The quantitative estimate of drug-likeness (QED) is 0.425. The molecule has 0 saturated heterocycles. The van der Waals surface area contributed by atoms with Crippen LogP contribution in [0.1, 0.15) is 60.8 Å². The summed E-state index contributed by atoms with van der Waals surface area (Å²) >= 11 is 0. The molecule has 2 nitrogen and oxygen atoms in total. The predicted octanol–water partition coefficient (Wildman–Crippen LogP) is 6.66. The second kappa shape index (κ2) is 7.45. The van der Waals surface area contributed by atoms with Crippen molar-refractivity contribution in [2.75, 3.05) is 0 Å². The zero-order valence-corrected chi connectivity index (χ0v) is 20.4. The van der Waals surface area contributed by atoms with Gasteiger partial charge < -0.3 is 9.22 Å². The molecular weight excluding hydrogens is 340 g/mol. The minimum absolute atomic E-state index is 0.0294. The van der Waals surface area contributed by atoms with Crippen LogP contribution in [0.5, 0.6) is 0 Å². The zero-order chi connectivity index (χ0) is 19.8. The van der Waals surface area contributed by atoms with Gasteiger partial charge in [0.2, 0.25) is 0 Å². The Kier molecular flexibility index (Phi) is 6.82. The fourth-order valence-corrected chi connectivity index (χ4v) is 5.16. The molecular formula is C21H42O2Si2. The maximum absolute atomic E-state index is 10.7. The van der Waals surface area contributed by atoms with Gasteiger partial charge in [-0.3, -0.25) is 0 Å². The highest BCUT2D eigenvalue weighted by atomic mass is 28.4. The maximum Gasteiger partial charge on any atom is 0.192 e. The van der Waals surface area contributed by atoms with Crippen LogP contribution >= 0.6 is 0 Å². The Hall–Kier alpha value is -0.166. The molecule has 0 spiro atoms. The topological polar surface area (TPSA) is 29.5 Å². The van der Waals surface area contributed by atoms with Gasteiger partial charge >= 0.3 is 0 Å². The van der Waals surface area contributed by atoms with E-state index in [1.807, 2.05) is 0 Å². The van der Waals surface area contributed by atoms with Crippen molar-refractivity contribution in [2.24, 2.45) is 5.92 Å². The van der Waals surface area contributed by atoms with Gasteiger partial charge in [-0.1, -0.05) is 52.8 Å². The summed E-state index contributed by atoms with van der Waals surface area (Å²) in [6, 6.07) is 0. The zero-order valence-electron chi connectivity index (χ0n) is 18.4. The van der Waals surface area contributed by atoms with Gasteiger partial charge in [0, 0.05) is 0 Å². The maximum atomic E-state index is 10.7. The van der Waals surface area contributed by atoms with Crippen LogP contribution in [-0.2, 0) is 4.43 Å². The van der Waals surface area contributed by atoms with E-state index >= 15 is 0 Å². The van der Waals surface area contributed by atoms with Gasteiger partial charge in [-0.2, -0.15) is 0 Å². The summed E-state index contributed by atoms with van der Waals surface area (Å²) < 4.78 is 6.77. The summed E-state index contributed by atoms with van der Waals surface area (Å²) in [5, 5.41) is 0.175.